The molecule has 0 radical (unpaired) electrons. The van der Waals surface area contributed by atoms with E-state index in [1.807, 2.05) is 18.4 Å². The van der Waals surface area contributed by atoms with E-state index in [4.69, 9.17) is 10.5 Å². The molecule has 22 heavy (non-hydrogen) atoms. The van der Waals surface area contributed by atoms with E-state index in [0.29, 0.717) is 23.8 Å². The number of carbonyl (C=O) groups excluding carboxylic acids is 1. The van der Waals surface area contributed by atoms with Gasteiger partial charge in [0.05, 0.1) is 11.9 Å². The minimum absolute atomic E-state index is 0.357. The zero-order valence-corrected chi connectivity index (χ0v) is 12.7. The molecule has 0 saturated heterocycles. The zero-order valence-electron chi connectivity index (χ0n) is 11.9. The number of rotatable bonds is 4. The summed E-state index contributed by atoms with van der Waals surface area (Å²) in [6.45, 7) is 2.38. The Kier molecular flexibility index (Phi) is 3.88. The molecule has 0 bridgehead atoms. The van der Waals surface area contributed by atoms with Gasteiger partial charge in [-0.05, 0) is 25.1 Å². The van der Waals surface area contributed by atoms with Crippen LogP contribution in [0, 0.1) is 6.92 Å². The summed E-state index contributed by atoms with van der Waals surface area (Å²) in [5.74, 6) is 0.645. The van der Waals surface area contributed by atoms with Crippen LogP contribution in [0.15, 0.2) is 53.5 Å². The third-order valence-corrected chi connectivity index (χ3v) is 3.99. The lowest BCUT2D eigenvalue weighted by molar-refractivity contribution is -0.114. The minimum Gasteiger partial charge on any atom is -0.456 e. The van der Waals surface area contributed by atoms with Gasteiger partial charge >= 0.3 is 0 Å². The van der Waals surface area contributed by atoms with Crippen LogP contribution in [0.3, 0.4) is 0 Å². The lowest BCUT2D eigenvalue weighted by atomic mass is 10.2. The maximum atomic E-state index is 11.7. The second-order valence-electron chi connectivity index (χ2n) is 4.67. The number of anilines is 1. The third-order valence-electron chi connectivity index (χ3n) is 3.01. The van der Waals surface area contributed by atoms with E-state index in [1.54, 1.807) is 35.5 Å². The van der Waals surface area contributed by atoms with Gasteiger partial charge in [0.25, 0.3) is 5.91 Å². The molecule has 6 nitrogen and oxygen atoms in total. The first-order valence-electron chi connectivity index (χ1n) is 6.62. The van der Waals surface area contributed by atoms with Crippen LogP contribution in [0.5, 0.6) is 5.75 Å². The molecule has 3 heterocycles. The summed E-state index contributed by atoms with van der Waals surface area (Å²) in [6, 6.07) is 3.57. The van der Waals surface area contributed by atoms with Crippen molar-refractivity contribution in [1.29, 1.82) is 0 Å². The number of aromatic nitrogens is 2. The smallest absolute Gasteiger partial charge is 0.265 e. The maximum absolute atomic E-state index is 11.7. The van der Waals surface area contributed by atoms with Gasteiger partial charge in [-0.25, -0.2) is 4.98 Å². The second-order valence-corrected chi connectivity index (χ2v) is 5.51. The number of nitrogens with two attached hydrogens (primary N) is 1. The fourth-order valence-electron chi connectivity index (χ4n) is 2.02. The van der Waals surface area contributed by atoms with Gasteiger partial charge in [0.1, 0.15) is 17.2 Å². The van der Waals surface area contributed by atoms with Crippen LogP contribution in [0.25, 0.3) is 0 Å². The number of aryl methyl sites for hydroxylation is 1. The van der Waals surface area contributed by atoms with Gasteiger partial charge in [0.2, 0.25) is 0 Å². The van der Waals surface area contributed by atoms with Crippen molar-refractivity contribution in [1.82, 2.24) is 9.97 Å². The van der Waals surface area contributed by atoms with Gasteiger partial charge in [-0.3, -0.25) is 9.78 Å². The van der Waals surface area contributed by atoms with Crippen molar-refractivity contribution in [2.45, 2.75) is 6.92 Å². The van der Waals surface area contributed by atoms with Crippen LogP contribution in [0.4, 0.5) is 5.13 Å². The van der Waals surface area contributed by atoms with E-state index in [0.717, 1.165) is 10.8 Å². The molecule has 2 aromatic heterocycles. The normalized spacial score (nSPS) is 14.3. The van der Waals surface area contributed by atoms with E-state index >= 15 is 0 Å². The van der Waals surface area contributed by atoms with Crippen molar-refractivity contribution < 1.29 is 9.53 Å². The van der Waals surface area contributed by atoms with Crippen LogP contribution in [-0.2, 0) is 4.79 Å². The zero-order chi connectivity index (χ0) is 15.5. The van der Waals surface area contributed by atoms with E-state index < -0.39 is 5.91 Å². The molecule has 2 aromatic rings. The van der Waals surface area contributed by atoms with Gasteiger partial charge in [0.15, 0.2) is 5.13 Å². The number of hydrogen-bond acceptors (Lipinski definition) is 6. The Labute approximate surface area is 131 Å². The SMILES string of the molecule is Cc1csc(N2CC=C(Oc3cccnc3)C=C2C(N)=O)n1. The Morgan fingerprint density at radius 3 is 3.00 bits per heavy atom. The highest BCUT2D eigenvalue weighted by molar-refractivity contribution is 7.13. The van der Waals surface area contributed by atoms with Gasteiger partial charge < -0.3 is 15.4 Å². The van der Waals surface area contributed by atoms with Crippen LogP contribution in [-0.4, -0.2) is 22.4 Å². The summed E-state index contributed by atoms with van der Waals surface area (Å²) in [5.41, 5.74) is 6.75. The molecule has 0 unspecified atom stereocenters. The molecular formula is C15H14N4O2S. The fourth-order valence-corrected chi connectivity index (χ4v) is 2.84. The minimum atomic E-state index is -0.520. The number of ether oxygens (including phenoxy) is 1. The predicted octanol–water partition coefficient (Wildman–Crippen LogP) is 2.00. The number of hydrogen-bond donors (Lipinski definition) is 1. The highest BCUT2D eigenvalue weighted by atomic mass is 32.1. The van der Waals surface area contributed by atoms with E-state index in [1.165, 1.54) is 11.3 Å². The monoisotopic (exact) mass is 314 g/mol. The van der Waals surface area contributed by atoms with Gasteiger partial charge in [-0.1, -0.05) is 0 Å². The predicted molar refractivity (Wildman–Crippen MR) is 84.4 cm³/mol. The van der Waals surface area contributed by atoms with Crippen molar-refractivity contribution >= 4 is 22.4 Å². The summed E-state index contributed by atoms with van der Waals surface area (Å²) in [7, 11) is 0. The number of allylic oxidation sites excluding steroid dienone is 1. The summed E-state index contributed by atoms with van der Waals surface area (Å²) < 4.78 is 5.70. The molecule has 1 aliphatic rings. The van der Waals surface area contributed by atoms with Crippen molar-refractivity contribution in [3.05, 3.63) is 59.2 Å². The average Bonchev–Trinajstić information content (AvgIpc) is 2.94. The summed E-state index contributed by atoms with van der Waals surface area (Å²) in [5, 5.41) is 2.67. The summed E-state index contributed by atoms with van der Waals surface area (Å²) >= 11 is 1.47. The van der Waals surface area contributed by atoms with E-state index in [-0.39, 0.29) is 0 Å². The van der Waals surface area contributed by atoms with Gasteiger partial charge in [-0.2, -0.15) is 0 Å². The molecule has 0 fully saturated rings. The molecule has 112 valence electrons. The summed E-state index contributed by atoms with van der Waals surface area (Å²) in [4.78, 5) is 21.9. The fraction of sp³-hybridized carbons (Fsp3) is 0.133. The number of primary amides is 1. The van der Waals surface area contributed by atoms with Crippen LogP contribution in [0.1, 0.15) is 5.69 Å². The molecule has 0 saturated carbocycles. The molecule has 2 N–H and O–H groups in total. The standard InChI is InChI=1S/C15H14N4O2S/c1-10-9-22-15(18-10)19-6-4-11(7-13(19)14(16)20)21-12-3-2-5-17-8-12/h2-5,7-9H,6H2,1H3,(H2,16,20). The Hall–Kier alpha value is -2.67. The van der Waals surface area contributed by atoms with E-state index in [9.17, 15) is 4.79 Å². The summed E-state index contributed by atoms with van der Waals surface area (Å²) in [6.07, 6.45) is 6.76. The second kappa shape index (κ2) is 5.98. The molecule has 1 amide bonds. The highest BCUT2D eigenvalue weighted by Crippen LogP contribution is 2.27. The number of carbonyl (C=O) groups is 1. The van der Waals surface area contributed by atoms with Crippen molar-refractivity contribution in [2.24, 2.45) is 5.73 Å². The Balaban J connectivity index is 1.85. The molecule has 0 aromatic carbocycles. The number of pyridine rings is 1. The molecule has 7 heteroatoms. The first-order chi connectivity index (χ1) is 10.6. The molecule has 1 aliphatic heterocycles. The molecule has 0 spiro atoms. The lowest BCUT2D eigenvalue weighted by Crippen LogP contribution is -2.34. The van der Waals surface area contributed by atoms with E-state index in [2.05, 4.69) is 9.97 Å². The average molecular weight is 314 g/mol. The number of nitrogens with zero attached hydrogens (tertiary/aromatic N) is 3. The Bertz CT molecular complexity index is 752. The van der Waals surface area contributed by atoms with Crippen LogP contribution >= 0.6 is 11.3 Å². The van der Waals surface area contributed by atoms with Crippen LogP contribution in [0.2, 0.25) is 0 Å². The Morgan fingerprint density at radius 2 is 2.36 bits per heavy atom. The molecule has 0 atom stereocenters. The topological polar surface area (TPSA) is 81.3 Å². The van der Waals surface area contributed by atoms with Gasteiger partial charge in [-0.15, -0.1) is 11.3 Å². The first-order valence-corrected chi connectivity index (χ1v) is 7.50. The van der Waals surface area contributed by atoms with Crippen molar-refractivity contribution in [3.63, 3.8) is 0 Å². The van der Waals surface area contributed by atoms with Crippen molar-refractivity contribution in [2.75, 3.05) is 11.4 Å². The van der Waals surface area contributed by atoms with Gasteiger partial charge in [0, 0.05) is 24.2 Å². The first kappa shape index (κ1) is 14.3. The third kappa shape index (κ3) is 2.99. The molecule has 3 rings (SSSR count). The lowest BCUT2D eigenvalue weighted by Gasteiger charge is -2.25. The number of thiazole rings is 1. The Morgan fingerprint density at radius 1 is 1.50 bits per heavy atom. The molecule has 0 aliphatic carbocycles. The molecular weight excluding hydrogens is 300 g/mol. The maximum Gasteiger partial charge on any atom is 0.265 e. The highest BCUT2D eigenvalue weighted by Gasteiger charge is 2.23. The largest absolute Gasteiger partial charge is 0.456 e. The van der Waals surface area contributed by atoms with Crippen molar-refractivity contribution in [3.8, 4) is 5.75 Å². The van der Waals surface area contributed by atoms with Crippen LogP contribution < -0.4 is 15.4 Å². The quantitative estimate of drug-likeness (QED) is 0.933. The number of amides is 1.